The maximum absolute atomic E-state index is 15.4. The van der Waals surface area contributed by atoms with E-state index in [1.165, 1.54) is 18.2 Å². The number of hydrogen-bond acceptors (Lipinski definition) is 8. The van der Waals surface area contributed by atoms with Crippen molar-refractivity contribution in [3.05, 3.63) is 123 Å². The van der Waals surface area contributed by atoms with Gasteiger partial charge in [0.2, 0.25) is 5.82 Å². The van der Waals surface area contributed by atoms with Gasteiger partial charge in [0.05, 0.1) is 16.9 Å². The van der Waals surface area contributed by atoms with Crippen LogP contribution in [0.4, 0.5) is 46.6 Å². The molecule has 6 atom stereocenters. The number of amides is 4. The zero-order valence-electron chi connectivity index (χ0n) is 30.7. The van der Waals surface area contributed by atoms with E-state index in [0.29, 0.717) is 16.1 Å². The SMILES string of the molecule is CN(c1nc(C(F)(F)F)ccc1Cl)N1C(=O)C2CC=C3C(CC4(Cl)C(=O)N(c5c(F)c(F)c(F)c(F)c5F)C(=O)C4(Cl)C3c3ccc(OCc4ccccc4)cc3O)C2C1=O. The van der Waals surface area contributed by atoms with E-state index < -0.39 is 122 Å². The Morgan fingerprint density at radius 2 is 1.51 bits per heavy atom. The molecule has 61 heavy (non-hydrogen) atoms. The molecule has 3 heterocycles. The second-order valence-electron chi connectivity index (χ2n) is 14.7. The van der Waals surface area contributed by atoms with Gasteiger partial charge < -0.3 is 9.84 Å². The highest BCUT2D eigenvalue weighted by molar-refractivity contribution is 6.58. The fourth-order valence-corrected chi connectivity index (χ4v) is 9.85. The molecule has 4 aromatic rings. The number of hydrazine groups is 1. The number of ether oxygens (including phenoxy) is 1. The monoisotopic (exact) mass is 914 g/mol. The molecule has 3 aromatic carbocycles. The number of carbonyl (C=O) groups is 4. The number of halogens is 11. The number of nitrogens with zero attached hydrogens (tertiary/aromatic N) is 4. The number of pyridine rings is 1. The summed E-state index contributed by atoms with van der Waals surface area (Å²) in [6.45, 7) is 0.0236. The van der Waals surface area contributed by atoms with E-state index in [1.807, 2.05) is 0 Å². The maximum Gasteiger partial charge on any atom is 0.433 e. The van der Waals surface area contributed by atoms with E-state index >= 15 is 8.78 Å². The summed E-state index contributed by atoms with van der Waals surface area (Å²) in [4.78, 5) is 54.9. The third-order valence-corrected chi connectivity index (χ3v) is 13.2. The average molecular weight is 916 g/mol. The van der Waals surface area contributed by atoms with Crippen molar-refractivity contribution in [1.29, 1.82) is 0 Å². The smallest absolute Gasteiger partial charge is 0.433 e. The fraction of sp³-hybridized carbons (Fsp3) is 0.275. The van der Waals surface area contributed by atoms with Crippen LogP contribution in [0.15, 0.2) is 72.3 Å². The van der Waals surface area contributed by atoms with Crippen LogP contribution in [-0.2, 0) is 32.0 Å². The van der Waals surface area contributed by atoms with Crippen LogP contribution in [0.2, 0.25) is 5.02 Å². The Morgan fingerprint density at radius 1 is 0.869 bits per heavy atom. The van der Waals surface area contributed by atoms with Crippen LogP contribution in [0, 0.1) is 46.8 Å². The molecule has 8 rings (SSSR count). The van der Waals surface area contributed by atoms with Gasteiger partial charge in [-0.1, -0.05) is 59.6 Å². The van der Waals surface area contributed by atoms with Gasteiger partial charge in [0.1, 0.15) is 29.5 Å². The number of benzene rings is 3. The van der Waals surface area contributed by atoms with Crippen molar-refractivity contribution in [2.45, 2.75) is 41.3 Å². The number of hydrogen-bond donors (Lipinski definition) is 1. The number of rotatable bonds is 7. The second kappa shape index (κ2) is 14.6. The Morgan fingerprint density at radius 3 is 2.13 bits per heavy atom. The Bertz CT molecular complexity index is 2590. The van der Waals surface area contributed by atoms with Gasteiger partial charge in [-0.25, -0.2) is 31.8 Å². The molecule has 4 aliphatic rings. The van der Waals surface area contributed by atoms with Crippen molar-refractivity contribution < 1.29 is 64.1 Å². The highest BCUT2D eigenvalue weighted by atomic mass is 35.5. The molecule has 2 saturated heterocycles. The third kappa shape index (κ3) is 6.14. The summed E-state index contributed by atoms with van der Waals surface area (Å²) in [5, 5.41) is 12.4. The fourth-order valence-electron chi connectivity index (χ4n) is 8.70. The van der Waals surface area contributed by atoms with Gasteiger partial charge in [-0.3, -0.25) is 24.2 Å². The van der Waals surface area contributed by atoms with Crippen molar-refractivity contribution in [2.24, 2.45) is 17.8 Å². The quantitative estimate of drug-likeness (QED) is 0.0491. The Balaban J connectivity index is 1.26. The lowest BCUT2D eigenvalue weighted by Gasteiger charge is -2.50. The van der Waals surface area contributed by atoms with Gasteiger partial charge in [-0.05, 0) is 42.5 Å². The van der Waals surface area contributed by atoms with E-state index in [-0.39, 0.29) is 39.8 Å². The van der Waals surface area contributed by atoms with E-state index in [1.54, 1.807) is 30.3 Å². The molecular formula is C40H25Cl3F8N4O6. The number of aromatic nitrogens is 1. The molecule has 2 aliphatic carbocycles. The van der Waals surface area contributed by atoms with Gasteiger partial charge in [-0.2, -0.15) is 18.2 Å². The standard InChI is InChI=1S/C40H25Cl3F8N4O6/c1-53(33-22(41)11-12-24(52-33)40(49,50)51)55-34(57)20-10-9-18-21(25(20)35(55)58)14-38(42)36(59)54(32-30(47)28(45)27(44)29(46)31(32)48)37(60)39(38,43)26(18)19-8-7-17(13-23(19)56)61-15-16-5-3-2-4-6-16/h2-9,11-13,20-21,25-26,56H,10,14-15H2,1H3. The van der Waals surface area contributed by atoms with E-state index in [4.69, 9.17) is 39.5 Å². The number of anilines is 2. The molecule has 1 N–H and O–H groups in total. The van der Waals surface area contributed by atoms with Crippen LogP contribution in [0.1, 0.15) is 35.6 Å². The summed E-state index contributed by atoms with van der Waals surface area (Å²) in [6.07, 6.45) is -4.77. The van der Waals surface area contributed by atoms with Crippen LogP contribution in [0.25, 0.3) is 0 Å². The predicted octanol–water partition coefficient (Wildman–Crippen LogP) is 8.35. The summed E-state index contributed by atoms with van der Waals surface area (Å²) < 4.78 is 121. The van der Waals surface area contributed by atoms with Gasteiger partial charge in [0, 0.05) is 24.6 Å². The van der Waals surface area contributed by atoms with Gasteiger partial charge in [0.15, 0.2) is 38.8 Å². The van der Waals surface area contributed by atoms with Crippen LogP contribution < -0.4 is 14.6 Å². The highest BCUT2D eigenvalue weighted by Crippen LogP contribution is 2.67. The first-order chi connectivity index (χ1) is 28.6. The van der Waals surface area contributed by atoms with Crippen LogP contribution in [0.3, 0.4) is 0 Å². The molecule has 1 saturated carbocycles. The zero-order chi connectivity index (χ0) is 44.2. The number of phenols is 1. The van der Waals surface area contributed by atoms with Crippen LogP contribution in [-0.4, -0.2) is 55.5 Å². The minimum absolute atomic E-state index is 0.00192. The summed E-state index contributed by atoms with van der Waals surface area (Å²) in [5.74, 6) is -25.6. The third-order valence-electron chi connectivity index (χ3n) is 11.5. The maximum atomic E-state index is 15.4. The zero-order valence-corrected chi connectivity index (χ0v) is 33.0. The number of alkyl halides is 5. The lowest BCUT2D eigenvalue weighted by molar-refractivity contribution is -0.141. The van der Waals surface area contributed by atoms with E-state index in [9.17, 15) is 50.6 Å². The molecule has 0 bridgehead atoms. The van der Waals surface area contributed by atoms with Crippen LogP contribution in [0.5, 0.6) is 11.5 Å². The molecular weight excluding hydrogens is 891 g/mol. The summed E-state index contributed by atoms with van der Waals surface area (Å²) in [5.41, 5.74) is -2.93. The molecule has 21 heteroatoms. The second-order valence-corrected chi connectivity index (χ2v) is 16.3. The number of fused-ring (bicyclic) bond motifs is 4. The van der Waals surface area contributed by atoms with Gasteiger partial charge >= 0.3 is 6.18 Å². The van der Waals surface area contributed by atoms with Gasteiger partial charge in [0.25, 0.3) is 23.6 Å². The topological polar surface area (TPSA) is 120 Å². The number of carbonyl (C=O) groups excluding carboxylic acids is 4. The van der Waals surface area contributed by atoms with Gasteiger partial charge in [-0.15, -0.1) is 23.2 Å². The van der Waals surface area contributed by atoms with Crippen molar-refractivity contribution in [3.8, 4) is 11.5 Å². The molecule has 2 aliphatic heterocycles. The molecule has 1 aromatic heterocycles. The van der Waals surface area contributed by atoms with Crippen molar-refractivity contribution in [2.75, 3.05) is 17.0 Å². The predicted molar refractivity (Wildman–Crippen MR) is 200 cm³/mol. The highest BCUT2D eigenvalue weighted by Gasteiger charge is 2.77. The van der Waals surface area contributed by atoms with Crippen molar-refractivity contribution in [3.63, 3.8) is 0 Å². The van der Waals surface area contributed by atoms with Crippen molar-refractivity contribution in [1.82, 2.24) is 9.99 Å². The van der Waals surface area contributed by atoms with Crippen molar-refractivity contribution >= 4 is 69.9 Å². The number of phenolic OH excluding ortho intramolecular Hbond substituents is 1. The average Bonchev–Trinajstić information content (AvgIpc) is 3.56. The Labute approximate surface area is 353 Å². The molecule has 3 fully saturated rings. The molecule has 4 amide bonds. The Kier molecular flexibility index (Phi) is 10.1. The van der Waals surface area contributed by atoms with E-state index in [2.05, 4.69) is 4.98 Å². The minimum atomic E-state index is -4.96. The Hall–Kier alpha value is -5.46. The molecule has 318 valence electrons. The molecule has 6 unspecified atom stereocenters. The number of aromatic hydroxyl groups is 1. The largest absolute Gasteiger partial charge is 0.508 e. The summed E-state index contributed by atoms with van der Waals surface area (Å²) >= 11 is 20.5. The molecule has 10 nitrogen and oxygen atoms in total. The first kappa shape index (κ1) is 42.2. The number of imide groups is 2. The van der Waals surface area contributed by atoms with E-state index in [0.717, 1.165) is 24.7 Å². The first-order valence-corrected chi connectivity index (χ1v) is 19.1. The number of allylic oxidation sites excluding steroid dienone is 2. The first-order valence-electron chi connectivity index (χ1n) is 18.0. The van der Waals surface area contributed by atoms with Crippen LogP contribution >= 0.6 is 34.8 Å². The lowest BCUT2D eigenvalue weighted by Crippen LogP contribution is -2.60. The molecule has 0 radical (unpaired) electrons. The summed E-state index contributed by atoms with van der Waals surface area (Å²) in [7, 11) is 1.05. The normalized spacial score (nSPS) is 26.0. The summed E-state index contributed by atoms with van der Waals surface area (Å²) in [6, 6.07) is 13.9. The minimum Gasteiger partial charge on any atom is -0.508 e. The lowest BCUT2D eigenvalue weighted by atomic mass is 9.56. The molecule has 0 spiro atoms.